The van der Waals surface area contributed by atoms with E-state index in [0.717, 1.165) is 19.3 Å². The van der Waals surface area contributed by atoms with E-state index in [1.54, 1.807) is 12.1 Å². The molecule has 2 rings (SSSR count). The smallest absolute Gasteiger partial charge is 0.244 e. The molecule has 5 nitrogen and oxygen atoms in total. The van der Waals surface area contributed by atoms with Crippen LogP contribution in [0.1, 0.15) is 18.4 Å². The summed E-state index contributed by atoms with van der Waals surface area (Å²) in [6, 6.07) is 14.9. The van der Waals surface area contributed by atoms with Crippen molar-refractivity contribution in [2.45, 2.75) is 24.2 Å². The number of ether oxygens (including phenoxy) is 2. The highest BCUT2D eigenvalue weighted by Gasteiger charge is 2.19. The molecule has 0 saturated carbocycles. The number of hydrogen-bond donors (Lipinski definition) is 1. The Bertz CT molecular complexity index is 745. The van der Waals surface area contributed by atoms with Crippen LogP contribution >= 0.6 is 0 Å². The molecule has 0 aliphatic heterocycles. The number of aryl methyl sites for hydroxylation is 1. The van der Waals surface area contributed by atoms with Crippen molar-refractivity contribution in [2.75, 3.05) is 20.8 Å². The standard InChI is InChI=1S/C18H23NO4S/c1-22-16-11-12-17(23-2)18(14-16)24(20,21)19-13-7-6-10-15-8-4-3-5-9-15/h3-5,8-9,11-12,14,19H,6-7,10,13H2,1-2H3. The van der Waals surface area contributed by atoms with E-state index in [4.69, 9.17) is 9.47 Å². The van der Waals surface area contributed by atoms with Gasteiger partial charge >= 0.3 is 0 Å². The van der Waals surface area contributed by atoms with Gasteiger partial charge in [0.05, 0.1) is 14.2 Å². The number of hydrogen-bond acceptors (Lipinski definition) is 4. The molecule has 0 atom stereocenters. The monoisotopic (exact) mass is 349 g/mol. The molecule has 1 N–H and O–H groups in total. The molecule has 0 saturated heterocycles. The summed E-state index contributed by atoms with van der Waals surface area (Å²) in [7, 11) is -0.695. The second-order valence-electron chi connectivity index (χ2n) is 5.36. The van der Waals surface area contributed by atoms with Crippen LogP contribution in [0.2, 0.25) is 0 Å². The molecular formula is C18H23NO4S. The topological polar surface area (TPSA) is 64.6 Å². The molecule has 0 aromatic heterocycles. The van der Waals surface area contributed by atoms with Crippen molar-refractivity contribution < 1.29 is 17.9 Å². The Balaban J connectivity index is 1.91. The Morgan fingerprint density at radius 2 is 1.71 bits per heavy atom. The van der Waals surface area contributed by atoms with Crippen LogP contribution in [0.4, 0.5) is 0 Å². The van der Waals surface area contributed by atoms with Crippen LogP contribution in [0.5, 0.6) is 11.5 Å². The third-order valence-electron chi connectivity index (χ3n) is 3.69. The zero-order valence-electron chi connectivity index (χ0n) is 14.0. The van der Waals surface area contributed by atoms with Crippen molar-refractivity contribution in [3.63, 3.8) is 0 Å². The summed E-state index contributed by atoms with van der Waals surface area (Å²) in [5.74, 6) is 0.771. The van der Waals surface area contributed by atoms with Crippen molar-refractivity contribution in [3.05, 3.63) is 54.1 Å². The largest absolute Gasteiger partial charge is 0.497 e. The second kappa shape index (κ2) is 8.70. The maximum atomic E-state index is 12.5. The van der Waals surface area contributed by atoms with E-state index in [2.05, 4.69) is 16.9 Å². The van der Waals surface area contributed by atoms with E-state index < -0.39 is 10.0 Å². The fourth-order valence-electron chi connectivity index (χ4n) is 2.38. The molecule has 0 heterocycles. The Morgan fingerprint density at radius 3 is 2.38 bits per heavy atom. The zero-order valence-corrected chi connectivity index (χ0v) is 14.8. The summed E-state index contributed by atoms with van der Waals surface area (Å²) in [6.45, 7) is 0.384. The molecule has 2 aromatic carbocycles. The van der Waals surface area contributed by atoms with Gasteiger partial charge in [-0.1, -0.05) is 30.3 Å². The van der Waals surface area contributed by atoms with E-state index >= 15 is 0 Å². The molecule has 130 valence electrons. The van der Waals surface area contributed by atoms with E-state index in [1.807, 2.05) is 18.2 Å². The van der Waals surface area contributed by atoms with Crippen molar-refractivity contribution in [1.29, 1.82) is 0 Å². The minimum atomic E-state index is -3.64. The second-order valence-corrected chi connectivity index (χ2v) is 7.09. The minimum absolute atomic E-state index is 0.0902. The van der Waals surface area contributed by atoms with Crippen molar-refractivity contribution in [1.82, 2.24) is 4.72 Å². The zero-order chi connectivity index (χ0) is 17.4. The summed E-state index contributed by atoms with van der Waals surface area (Å²) >= 11 is 0. The van der Waals surface area contributed by atoms with E-state index in [0.29, 0.717) is 18.0 Å². The summed E-state index contributed by atoms with van der Waals surface area (Å²) in [5, 5.41) is 0. The Hall–Kier alpha value is -2.05. The summed E-state index contributed by atoms with van der Waals surface area (Å²) in [5.41, 5.74) is 1.26. The highest BCUT2D eigenvalue weighted by atomic mass is 32.2. The van der Waals surface area contributed by atoms with Gasteiger partial charge in [0.25, 0.3) is 0 Å². The van der Waals surface area contributed by atoms with Gasteiger partial charge in [-0.2, -0.15) is 0 Å². The molecule has 0 fully saturated rings. The fraction of sp³-hybridized carbons (Fsp3) is 0.333. The molecule has 24 heavy (non-hydrogen) atoms. The van der Waals surface area contributed by atoms with Crippen LogP contribution < -0.4 is 14.2 Å². The number of sulfonamides is 1. The highest BCUT2D eigenvalue weighted by Crippen LogP contribution is 2.27. The molecule has 2 aromatic rings. The summed E-state index contributed by atoms with van der Waals surface area (Å²) in [4.78, 5) is 0.0902. The lowest BCUT2D eigenvalue weighted by Crippen LogP contribution is -2.25. The average Bonchev–Trinajstić information content (AvgIpc) is 2.61. The first-order chi connectivity index (χ1) is 11.6. The number of unbranched alkanes of at least 4 members (excludes halogenated alkanes) is 1. The van der Waals surface area contributed by atoms with Gasteiger partial charge in [-0.25, -0.2) is 13.1 Å². The molecule has 0 amide bonds. The Labute approximate surface area is 143 Å². The van der Waals surface area contributed by atoms with Crippen molar-refractivity contribution >= 4 is 10.0 Å². The van der Waals surface area contributed by atoms with Gasteiger partial charge in [-0.05, 0) is 37.0 Å². The van der Waals surface area contributed by atoms with Gasteiger partial charge in [-0.3, -0.25) is 0 Å². The van der Waals surface area contributed by atoms with Crippen molar-refractivity contribution in [2.24, 2.45) is 0 Å². The van der Waals surface area contributed by atoms with Crippen LogP contribution in [-0.4, -0.2) is 29.2 Å². The van der Waals surface area contributed by atoms with Crippen LogP contribution in [0.3, 0.4) is 0 Å². The number of benzene rings is 2. The predicted molar refractivity (Wildman–Crippen MR) is 94.1 cm³/mol. The van der Waals surface area contributed by atoms with E-state index in [9.17, 15) is 8.42 Å². The number of nitrogens with one attached hydrogen (secondary N) is 1. The molecule has 6 heteroatoms. The lowest BCUT2D eigenvalue weighted by molar-refractivity contribution is 0.392. The average molecular weight is 349 g/mol. The molecule has 0 aliphatic carbocycles. The number of rotatable bonds is 9. The van der Waals surface area contributed by atoms with Crippen LogP contribution in [0.25, 0.3) is 0 Å². The molecular weight excluding hydrogens is 326 g/mol. The lowest BCUT2D eigenvalue weighted by Gasteiger charge is -2.12. The number of methoxy groups -OCH3 is 2. The molecule has 0 bridgehead atoms. The predicted octanol–water partition coefficient (Wildman–Crippen LogP) is 3.01. The van der Waals surface area contributed by atoms with Gasteiger partial charge in [0.1, 0.15) is 16.4 Å². The first-order valence-corrected chi connectivity index (χ1v) is 9.31. The van der Waals surface area contributed by atoms with Crippen LogP contribution in [-0.2, 0) is 16.4 Å². The highest BCUT2D eigenvalue weighted by molar-refractivity contribution is 7.89. The molecule has 0 spiro atoms. The fourth-order valence-corrected chi connectivity index (χ4v) is 3.63. The van der Waals surface area contributed by atoms with Crippen LogP contribution in [0.15, 0.2) is 53.4 Å². The first-order valence-electron chi connectivity index (χ1n) is 7.82. The molecule has 0 radical (unpaired) electrons. The Morgan fingerprint density at radius 1 is 0.958 bits per heavy atom. The Kier molecular flexibility index (Phi) is 6.63. The summed E-state index contributed by atoms with van der Waals surface area (Å²) < 4.78 is 37.8. The SMILES string of the molecule is COc1ccc(OC)c(S(=O)(=O)NCCCCc2ccccc2)c1. The maximum absolute atomic E-state index is 12.5. The third kappa shape index (κ3) is 4.97. The summed E-state index contributed by atoms with van der Waals surface area (Å²) in [6.07, 6.45) is 2.62. The minimum Gasteiger partial charge on any atom is -0.497 e. The van der Waals surface area contributed by atoms with Gasteiger partial charge in [0.2, 0.25) is 10.0 Å². The van der Waals surface area contributed by atoms with Gasteiger partial charge in [-0.15, -0.1) is 0 Å². The van der Waals surface area contributed by atoms with E-state index in [1.165, 1.54) is 25.8 Å². The maximum Gasteiger partial charge on any atom is 0.244 e. The van der Waals surface area contributed by atoms with Gasteiger partial charge in [0, 0.05) is 12.6 Å². The quantitative estimate of drug-likeness (QED) is 0.707. The third-order valence-corrected chi connectivity index (χ3v) is 5.17. The lowest BCUT2D eigenvalue weighted by atomic mass is 10.1. The molecule has 0 unspecified atom stereocenters. The van der Waals surface area contributed by atoms with Crippen LogP contribution in [0, 0.1) is 0 Å². The van der Waals surface area contributed by atoms with Gasteiger partial charge < -0.3 is 9.47 Å². The van der Waals surface area contributed by atoms with Gasteiger partial charge in [0.15, 0.2) is 0 Å². The van der Waals surface area contributed by atoms with Crippen molar-refractivity contribution in [3.8, 4) is 11.5 Å². The normalized spacial score (nSPS) is 11.2. The molecule has 0 aliphatic rings. The first kappa shape index (κ1) is 18.3. The van der Waals surface area contributed by atoms with E-state index in [-0.39, 0.29) is 4.90 Å².